The lowest BCUT2D eigenvalue weighted by molar-refractivity contribution is 0.591. The van der Waals surface area contributed by atoms with Crippen molar-refractivity contribution in [2.24, 2.45) is 0 Å². The topological polar surface area (TPSA) is 34.1 Å². The molecule has 0 N–H and O–H groups in total. The molecule has 0 bridgehead atoms. The molecule has 2 nitrogen and oxygen atoms in total. The summed E-state index contributed by atoms with van der Waals surface area (Å²) in [6.45, 7) is 0. The van der Waals surface area contributed by atoms with Gasteiger partial charge in [0.15, 0.2) is 14.3 Å². The second-order valence-corrected chi connectivity index (χ2v) is 23.1. The van der Waals surface area contributed by atoms with Crippen LogP contribution in [0.4, 0.5) is 0 Å². The molecule has 0 amide bonds. The largest absolute Gasteiger partial charge is 0.309 e. The first kappa shape index (κ1) is 44.4. The van der Waals surface area contributed by atoms with E-state index in [1.165, 1.54) is 0 Å². The van der Waals surface area contributed by atoms with Gasteiger partial charge in [0.2, 0.25) is 0 Å². The molecule has 4 heteroatoms. The maximum atomic E-state index is 15.8. The Morgan fingerprint density at radius 1 is 0.157 bits per heavy atom. The second-order valence-electron chi connectivity index (χ2n) is 17.5. The summed E-state index contributed by atoms with van der Waals surface area (Å²) >= 11 is 0. The predicted molar refractivity (Wildman–Crippen MR) is 298 cm³/mol. The highest BCUT2D eigenvalue weighted by molar-refractivity contribution is 7.85. The van der Waals surface area contributed by atoms with Crippen LogP contribution in [-0.4, -0.2) is 0 Å². The maximum absolute atomic E-state index is 15.8. The highest BCUT2D eigenvalue weighted by atomic mass is 31.2. The van der Waals surface area contributed by atoms with Gasteiger partial charge in [-0.15, -0.1) is 0 Å². The average Bonchev–Trinajstić information content (AvgIpc) is 3.46. The zero-order chi connectivity index (χ0) is 47.3. The second kappa shape index (κ2) is 19.5. The molecular weight excluding hydrogens is 887 g/mol. The molecule has 0 aliphatic carbocycles. The quantitative estimate of drug-likeness (QED) is 0.114. The van der Waals surface area contributed by atoms with E-state index in [0.29, 0.717) is 0 Å². The lowest BCUT2D eigenvalue weighted by atomic mass is 9.99. The third-order valence-corrected chi connectivity index (χ3v) is 19.5. The van der Waals surface area contributed by atoms with Crippen LogP contribution in [0, 0.1) is 0 Å². The van der Waals surface area contributed by atoms with Crippen molar-refractivity contribution in [3.05, 3.63) is 291 Å². The summed E-state index contributed by atoms with van der Waals surface area (Å²) in [4.78, 5) is 0. The van der Waals surface area contributed by atoms with Crippen molar-refractivity contribution >= 4 is 46.1 Å². The first-order valence-corrected chi connectivity index (χ1v) is 27.0. The van der Waals surface area contributed by atoms with Crippen LogP contribution >= 0.6 is 14.3 Å². The molecule has 0 heterocycles. The maximum Gasteiger partial charge on any atom is 0.171 e. The third kappa shape index (κ3) is 8.77. The van der Waals surface area contributed by atoms with E-state index in [-0.39, 0.29) is 0 Å². The van der Waals surface area contributed by atoms with E-state index in [1.54, 1.807) is 0 Å². The van der Waals surface area contributed by atoms with Gasteiger partial charge in [0.05, 0.1) is 0 Å². The summed E-state index contributed by atoms with van der Waals surface area (Å²) in [7, 11) is -6.58. The summed E-state index contributed by atoms with van der Waals surface area (Å²) in [6.07, 6.45) is 0. The number of hydrogen-bond acceptors (Lipinski definition) is 2. The molecule has 0 spiro atoms. The monoisotopic (exact) mass is 934 g/mol. The van der Waals surface area contributed by atoms with Gasteiger partial charge in [-0.2, -0.15) is 0 Å². The van der Waals surface area contributed by atoms with Gasteiger partial charge in [0, 0.05) is 31.8 Å². The molecule has 0 atom stereocenters. The lowest BCUT2D eigenvalue weighted by Gasteiger charge is -2.21. The average molecular weight is 935 g/mol. The van der Waals surface area contributed by atoms with E-state index in [2.05, 4.69) is 146 Å². The van der Waals surface area contributed by atoms with Crippen LogP contribution in [0.15, 0.2) is 291 Å². The smallest absolute Gasteiger partial charge is 0.171 e. The standard InChI is InChI=1S/C66H48O2P2/c67-69(61-36-24-53(25-37-61)49-14-5-1-6-15-49,62-38-26-54(27-39-62)50-16-7-2-8-17-50)65-44-32-57(33-45-65)59-22-13-23-60(48-59)58-34-46-66(47-35-58)70(68,63-40-28-55(29-41-63)51-18-9-3-10-19-51)64-42-30-56(31-43-64)52-20-11-4-12-21-52/h1-48H. The van der Waals surface area contributed by atoms with Crippen molar-refractivity contribution in [1.82, 2.24) is 0 Å². The minimum absolute atomic E-state index is 0.775. The Balaban J connectivity index is 0.907. The minimum atomic E-state index is -3.29. The molecule has 0 fully saturated rings. The zero-order valence-electron chi connectivity index (χ0n) is 38.4. The van der Waals surface area contributed by atoms with Gasteiger partial charge in [-0.05, 0) is 72.8 Å². The van der Waals surface area contributed by atoms with Gasteiger partial charge in [-0.25, -0.2) is 0 Å². The van der Waals surface area contributed by atoms with Crippen molar-refractivity contribution in [3.63, 3.8) is 0 Å². The van der Waals surface area contributed by atoms with Crippen LogP contribution in [0.5, 0.6) is 0 Å². The highest BCUT2D eigenvalue weighted by Gasteiger charge is 2.31. The predicted octanol–water partition coefficient (Wildman–Crippen LogP) is 15.0. The molecule has 11 aromatic carbocycles. The van der Waals surface area contributed by atoms with E-state index in [0.717, 1.165) is 98.6 Å². The molecule has 0 radical (unpaired) electrons. The number of benzene rings is 11. The number of rotatable bonds is 12. The first-order valence-electron chi connectivity index (χ1n) is 23.6. The molecule has 0 saturated heterocycles. The van der Waals surface area contributed by atoms with Crippen molar-refractivity contribution < 1.29 is 9.13 Å². The Hall–Kier alpha value is -8.12. The summed E-state index contributed by atoms with van der Waals surface area (Å²) in [5, 5.41) is 4.70. The summed E-state index contributed by atoms with van der Waals surface area (Å²) in [6, 6.07) is 98.9. The summed E-state index contributed by atoms with van der Waals surface area (Å²) in [5.41, 5.74) is 12.9. The SMILES string of the molecule is O=P(c1ccc(-c2ccccc2)cc1)(c1ccc(-c2ccccc2)cc1)c1ccc(-c2cccc(-c3ccc(P(=O)(c4ccc(-c5ccccc5)cc4)c4ccc(-c5ccccc5)cc4)cc3)c2)cc1. The first-order chi connectivity index (χ1) is 34.4. The lowest BCUT2D eigenvalue weighted by Crippen LogP contribution is -2.25. The Kier molecular flexibility index (Phi) is 12.3. The van der Waals surface area contributed by atoms with Crippen LogP contribution < -0.4 is 31.8 Å². The van der Waals surface area contributed by atoms with Crippen LogP contribution in [0.1, 0.15) is 0 Å². The normalized spacial score (nSPS) is 11.5. The van der Waals surface area contributed by atoms with Gasteiger partial charge in [0.25, 0.3) is 0 Å². The highest BCUT2D eigenvalue weighted by Crippen LogP contribution is 2.45. The zero-order valence-corrected chi connectivity index (χ0v) is 40.2. The van der Waals surface area contributed by atoms with E-state index in [1.807, 2.05) is 146 Å². The molecule has 70 heavy (non-hydrogen) atoms. The van der Waals surface area contributed by atoms with Crippen molar-refractivity contribution in [2.75, 3.05) is 0 Å². The fraction of sp³-hybridized carbons (Fsp3) is 0. The van der Waals surface area contributed by atoms with Crippen LogP contribution in [-0.2, 0) is 9.13 Å². The van der Waals surface area contributed by atoms with Gasteiger partial charge in [0.1, 0.15) is 0 Å². The Labute approximate surface area is 411 Å². The van der Waals surface area contributed by atoms with E-state index >= 15 is 9.13 Å². The third-order valence-electron chi connectivity index (χ3n) is 13.3. The summed E-state index contributed by atoms with van der Waals surface area (Å²) in [5.74, 6) is 0. The van der Waals surface area contributed by atoms with Crippen molar-refractivity contribution in [2.45, 2.75) is 0 Å². The fourth-order valence-electron chi connectivity index (χ4n) is 9.48. The van der Waals surface area contributed by atoms with E-state index < -0.39 is 14.3 Å². The Morgan fingerprint density at radius 3 is 0.514 bits per heavy atom. The molecule has 0 aromatic heterocycles. The van der Waals surface area contributed by atoms with Crippen molar-refractivity contribution in [3.8, 4) is 66.8 Å². The summed E-state index contributed by atoms with van der Waals surface area (Å²) < 4.78 is 31.6. The van der Waals surface area contributed by atoms with Crippen molar-refractivity contribution in [1.29, 1.82) is 0 Å². The number of hydrogen-bond donors (Lipinski definition) is 0. The molecule has 0 aliphatic heterocycles. The van der Waals surface area contributed by atoms with E-state index in [4.69, 9.17) is 0 Å². The Bertz CT molecular complexity index is 3200. The molecule has 334 valence electrons. The molecular formula is C66H48O2P2. The van der Waals surface area contributed by atoms with Gasteiger partial charge in [-0.3, -0.25) is 0 Å². The molecule has 11 rings (SSSR count). The van der Waals surface area contributed by atoms with Crippen LogP contribution in [0.2, 0.25) is 0 Å². The van der Waals surface area contributed by atoms with Gasteiger partial charge >= 0.3 is 0 Å². The molecule has 0 aliphatic rings. The van der Waals surface area contributed by atoms with Crippen LogP contribution in [0.3, 0.4) is 0 Å². The van der Waals surface area contributed by atoms with Gasteiger partial charge < -0.3 is 9.13 Å². The fourth-order valence-corrected chi connectivity index (χ4v) is 14.7. The molecule has 11 aromatic rings. The minimum Gasteiger partial charge on any atom is -0.309 e. The van der Waals surface area contributed by atoms with Gasteiger partial charge in [-0.1, -0.05) is 285 Å². The van der Waals surface area contributed by atoms with E-state index in [9.17, 15) is 0 Å². The van der Waals surface area contributed by atoms with Crippen LogP contribution in [0.25, 0.3) is 66.8 Å². The molecule has 0 unspecified atom stereocenters. The molecule has 0 saturated carbocycles. The Morgan fingerprint density at radius 2 is 0.314 bits per heavy atom.